The van der Waals surface area contributed by atoms with Crippen LogP contribution in [0.2, 0.25) is 0 Å². The van der Waals surface area contributed by atoms with Crippen molar-refractivity contribution in [2.24, 2.45) is 0 Å². The average Bonchev–Trinajstić information content (AvgIpc) is 3.24. The van der Waals surface area contributed by atoms with Crippen LogP contribution in [-0.2, 0) is 6.54 Å². The lowest BCUT2D eigenvalue weighted by Crippen LogP contribution is -2.47. The molecule has 0 radical (unpaired) electrons. The summed E-state index contributed by atoms with van der Waals surface area (Å²) in [6.07, 6.45) is 5.99. The molecule has 0 spiro atoms. The number of fused-ring (bicyclic) bond motifs is 1. The number of imidazole rings is 1. The number of aryl methyl sites for hydroxylation is 1. The molecule has 0 atom stereocenters. The zero-order valence-electron chi connectivity index (χ0n) is 14.2. The largest absolute Gasteiger partial charge is 0.351 e. The van der Waals surface area contributed by atoms with Gasteiger partial charge in [0.1, 0.15) is 12.2 Å². The SMILES string of the molecule is CCn1cnc2c(N3CCN(c4nc(C5CC5)ns4)CC3)ncnc21. The van der Waals surface area contributed by atoms with E-state index in [0.29, 0.717) is 5.92 Å². The second-order valence-electron chi connectivity index (χ2n) is 6.58. The molecule has 8 nitrogen and oxygen atoms in total. The second kappa shape index (κ2) is 5.91. The Morgan fingerprint density at radius 2 is 1.88 bits per heavy atom. The van der Waals surface area contributed by atoms with Crippen molar-refractivity contribution in [3.8, 4) is 0 Å². The van der Waals surface area contributed by atoms with Crippen molar-refractivity contribution in [3.63, 3.8) is 0 Å². The number of anilines is 2. The van der Waals surface area contributed by atoms with Crippen molar-refractivity contribution in [2.75, 3.05) is 36.0 Å². The van der Waals surface area contributed by atoms with Crippen LogP contribution < -0.4 is 9.80 Å². The van der Waals surface area contributed by atoms with Crippen LogP contribution in [-0.4, -0.2) is 55.1 Å². The summed E-state index contributed by atoms with van der Waals surface area (Å²) >= 11 is 1.54. The molecule has 0 N–H and O–H groups in total. The Hall–Kier alpha value is -2.29. The van der Waals surface area contributed by atoms with E-state index in [0.717, 1.165) is 60.7 Å². The summed E-state index contributed by atoms with van der Waals surface area (Å²) in [7, 11) is 0. The lowest BCUT2D eigenvalue weighted by Gasteiger charge is -2.34. The molecule has 2 aliphatic rings. The first-order valence-electron chi connectivity index (χ1n) is 8.83. The van der Waals surface area contributed by atoms with Gasteiger partial charge in [-0.1, -0.05) is 0 Å². The highest BCUT2D eigenvalue weighted by Gasteiger charge is 2.29. The molecule has 4 heterocycles. The standard InChI is InChI=1S/C16H20N8S/c1-2-22-10-19-12-14(22)17-9-18-15(12)23-5-7-24(8-6-23)16-20-13(21-25-16)11-3-4-11/h9-11H,2-8H2,1H3. The maximum absolute atomic E-state index is 4.73. The van der Waals surface area contributed by atoms with Gasteiger partial charge >= 0.3 is 0 Å². The van der Waals surface area contributed by atoms with Crippen molar-refractivity contribution >= 4 is 33.6 Å². The highest BCUT2D eigenvalue weighted by Crippen LogP contribution is 2.39. The van der Waals surface area contributed by atoms with Gasteiger partial charge in [-0.25, -0.2) is 19.9 Å². The zero-order valence-corrected chi connectivity index (χ0v) is 15.0. The highest BCUT2D eigenvalue weighted by atomic mass is 32.1. The van der Waals surface area contributed by atoms with Crippen molar-refractivity contribution in [2.45, 2.75) is 32.2 Å². The van der Waals surface area contributed by atoms with Gasteiger partial charge in [-0.05, 0) is 19.8 Å². The molecular formula is C16H20N8S. The van der Waals surface area contributed by atoms with Crippen LogP contribution in [0.25, 0.3) is 11.2 Å². The molecule has 1 saturated carbocycles. The van der Waals surface area contributed by atoms with E-state index in [1.54, 1.807) is 6.33 Å². The minimum atomic E-state index is 0.620. The fourth-order valence-corrected chi connectivity index (χ4v) is 4.10. The van der Waals surface area contributed by atoms with Crippen molar-refractivity contribution in [1.82, 2.24) is 28.9 Å². The van der Waals surface area contributed by atoms with Gasteiger partial charge in [0, 0.05) is 50.2 Å². The summed E-state index contributed by atoms with van der Waals surface area (Å²) in [5.41, 5.74) is 1.80. The molecule has 1 aliphatic carbocycles. The average molecular weight is 356 g/mol. The molecule has 3 aromatic heterocycles. The van der Waals surface area contributed by atoms with Gasteiger partial charge in [-0.3, -0.25) is 0 Å². The van der Waals surface area contributed by atoms with Gasteiger partial charge in [0.05, 0.1) is 6.33 Å². The van der Waals surface area contributed by atoms with Crippen molar-refractivity contribution in [1.29, 1.82) is 0 Å². The monoisotopic (exact) mass is 356 g/mol. The maximum atomic E-state index is 4.73. The summed E-state index contributed by atoms with van der Waals surface area (Å²) < 4.78 is 6.58. The number of aromatic nitrogens is 6. The molecule has 1 saturated heterocycles. The summed E-state index contributed by atoms with van der Waals surface area (Å²) in [6, 6.07) is 0. The lowest BCUT2D eigenvalue weighted by atomic mass is 10.3. The Balaban J connectivity index is 1.33. The van der Waals surface area contributed by atoms with Crippen LogP contribution in [0, 0.1) is 0 Å². The molecule has 0 unspecified atom stereocenters. The van der Waals surface area contributed by atoms with Crippen LogP contribution in [0.1, 0.15) is 31.5 Å². The highest BCUT2D eigenvalue weighted by molar-refractivity contribution is 7.09. The fourth-order valence-electron chi connectivity index (χ4n) is 3.30. The second-order valence-corrected chi connectivity index (χ2v) is 7.31. The Morgan fingerprint density at radius 1 is 1.08 bits per heavy atom. The Bertz CT molecular complexity index is 891. The minimum Gasteiger partial charge on any atom is -0.351 e. The van der Waals surface area contributed by atoms with Crippen LogP contribution in [0.5, 0.6) is 0 Å². The topological polar surface area (TPSA) is 75.9 Å². The third kappa shape index (κ3) is 2.62. The third-order valence-electron chi connectivity index (χ3n) is 4.95. The predicted octanol–water partition coefficient (Wildman–Crippen LogP) is 1.90. The van der Waals surface area contributed by atoms with Crippen molar-refractivity contribution < 1.29 is 0 Å². The number of piperazine rings is 1. The molecule has 5 rings (SSSR count). The van der Waals surface area contributed by atoms with E-state index < -0.39 is 0 Å². The van der Waals surface area contributed by atoms with E-state index >= 15 is 0 Å². The first kappa shape index (κ1) is 15.0. The smallest absolute Gasteiger partial charge is 0.205 e. The predicted molar refractivity (Wildman–Crippen MR) is 97.3 cm³/mol. The van der Waals surface area contributed by atoms with Gasteiger partial charge < -0.3 is 14.4 Å². The van der Waals surface area contributed by atoms with Crippen LogP contribution >= 0.6 is 11.5 Å². The maximum Gasteiger partial charge on any atom is 0.205 e. The Labute approximate surface area is 149 Å². The van der Waals surface area contributed by atoms with Gasteiger partial charge in [-0.2, -0.15) is 4.37 Å². The molecular weight excluding hydrogens is 336 g/mol. The van der Waals surface area contributed by atoms with E-state index in [-0.39, 0.29) is 0 Å². The normalized spacial score (nSPS) is 18.3. The summed E-state index contributed by atoms with van der Waals surface area (Å²) in [5.74, 6) is 2.60. The van der Waals surface area contributed by atoms with E-state index in [2.05, 4.69) is 40.6 Å². The van der Waals surface area contributed by atoms with E-state index in [1.165, 1.54) is 24.4 Å². The molecule has 0 amide bonds. The van der Waals surface area contributed by atoms with E-state index in [9.17, 15) is 0 Å². The van der Waals surface area contributed by atoms with Crippen LogP contribution in [0.3, 0.4) is 0 Å². The van der Waals surface area contributed by atoms with E-state index in [4.69, 9.17) is 4.98 Å². The van der Waals surface area contributed by atoms with E-state index in [1.807, 2.05) is 6.33 Å². The van der Waals surface area contributed by atoms with Gasteiger partial charge in [0.2, 0.25) is 5.13 Å². The zero-order chi connectivity index (χ0) is 16.8. The molecule has 25 heavy (non-hydrogen) atoms. The summed E-state index contributed by atoms with van der Waals surface area (Å²) in [5, 5.41) is 1.06. The first-order valence-corrected chi connectivity index (χ1v) is 9.60. The molecule has 9 heteroatoms. The molecule has 130 valence electrons. The number of hydrogen-bond acceptors (Lipinski definition) is 8. The molecule has 0 bridgehead atoms. The van der Waals surface area contributed by atoms with Crippen LogP contribution in [0.4, 0.5) is 10.9 Å². The molecule has 1 aliphatic heterocycles. The van der Waals surface area contributed by atoms with Gasteiger partial charge in [0.25, 0.3) is 0 Å². The molecule has 0 aromatic carbocycles. The van der Waals surface area contributed by atoms with Crippen molar-refractivity contribution in [3.05, 3.63) is 18.5 Å². The number of hydrogen-bond donors (Lipinski definition) is 0. The van der Waals surface area contributed by atoms with Gasteiger partial charge in [-0.15, -0.1) is 0 Å². The summed E-state index contributed by atoms with van der Waals surface area (Å²) in [6.45, 7) is 6.63. The van der Waals surface area contributed by atoms with Gasteiger partial charge in [0.15, 0.2) is 17.0 Å². The molecule has 3 aromatic rings. The van der Waals surface area contributed by atoms with Crippen LogP contribution in [0.15, 0.2) is 12.7 Å². The fraction of sp³-hybridized carbons (Fsp3) is 0.562. The third-order valence-corrected chi connectivity index (χ3v) is 5.74. The number of nitrogens with zero attached hydrogens (tertiary/aromatic N) is 8. The number of rotatable bonds is 4. The Morgan fingerprint density at radius 3 is 2.64 bits per heavy atom. The minimum absolute atomic E-state index is 0.620. The molecule has 2 fully saturated rings. The first-order chi connectivity index (χ1) is 12.3. The summed E-state index contributed by atoms with van der Waals surface area (Å²) in [4.78, 5) is 22.8. The lowest BCUT2D eigenvalue weighted by molar-refractivity contribution is 0.646. The quantitative estimate of drug-likeness (QED) is 0.707. The Kier molecular flexibility index (Phi) is 3.54.